The average molecular weight is 483 g/mol. The third-order valence-electron chi connectivity index (χ3n) is 6.50. The first-order valence-electron chi connectivity index (χ1n) is 12.0. The molecular weight excluding hydrogens is 455 g/mol. The number of hydrogen-bond donors (Lipinski definition) is 0. The molecule has 2 aliphatic heterocycles. The zero-order valence-electron chi connectivity index (χ0n) is 19.9. The van der Waals surface area contributed by atoms with Crippen LogP contribution in [0.1, 0.15) is 16.7 Å². The molecular formula is C28H27FN6O. The second-order valence-corrected chi connectivity index (χ2v) is 9.04. The van der Waals surface area contributed by atoms with Gasteiger partial charge in [-0.05, 0) is 35.4 Å². The van der Waals surface area contributed by atoms with Crippen molar-refractivity contribution in [2.24, 2.45) is 0 Å². The number of carbonyl (C=O) groups is 1. The zero-order valence-corrected chi connectivity index (χ0v) is 19.9. The molecule has 0 atom stereocenters. The van der Waals surface area contributed by atoms with E-state index in [1.165, 1.54) is 12.1 Å². The number of amides is 1. The molecule has 36 heavy (non-hydrogen) atoms. The summed E-state index contributed by atoms with van der Waals surface area (Å²) in [6.45, 7) is 4.92. The number of nitriles is 1. The molecule has 0 spiro atoms. The lowest BCUT2D eigenvalue weighted by atomic mass is 10.1. The van der Waals surface area contributed by atoms with E-state index in [-0.39, 0.29) is 11.7 Å². The van der Waals surface area contributed by atoms with Crippen LogP contribution >= 0.6 is 0 Å². The molecule has 0 saturated carbocycles. The lowest BCUT2D eigenvalue weighted by Gasteiger charge is -2.35. The zero-order chi connectivity index (χ0) is 24.9. The molecule has 8 heteroatoms. The highest BCUT2D eigenvalue weighted by molar-refractivity contribution is 5.97. The molecule has 1 aromatic heterocycles. The summed E-state index contributed by atoms with van der Waals surface area (Å²) in [6, 6.07) is 16.2. The summed E-state index contributed by atoms with van der Waals surface area (Å²) < 4.78 is 15.0. The summed E-state index contributed by atoms with van der Waals surface area (Å²) in [5.41, 5.74) is 4.35. The van der Waals surface area contributed by atoms with E-state index >= 15 is 0 Å². The number of carbonyl (C=O) groups excluding carboxylic acids is 1. The average Bonchev–Trinajstić information content (AvgIpc) is 3.39. The molecule has 5 rings (SSSR count). The minimum atomic E-state index is -0.226. The molecule has 0 unspecified atom stereocenters. The van der Waals surface area contributed by atoms with E-state index in [9.17, 15) is 9.18 Å². The molecule has 0 bridgehead atoms. The Morgan fingerprint density at radius 3 is 2.39 bits per heavy atom. The Morgan fingerprint density at radius 2 is 1.67 bits per heavy atom. The fourth-order valence-corrected chi connectivity index (χ4v) is 4.46. The SMILES string of the molecule is N#Cc1ccc(Cn2cc(N3C=C(C(=O)N4CCN(Cc5ccc(F)cc5)CC4)C=CC3)cn2)cc1. The van der Waals surface area contributed by atoms with Crippen LogP contribution in [0, 0.1) is 17.1 Å². The van der Waals surface area contributed by atoms with Gasteiger partial charge in [0, 0.05) is 51.7 Å². The van der Waals surface area contributed by atoms with Crippen molar-refractivity contribution >= 4 is 11.6 Å². The second kappa shape index (κ2) is 10.6. The third-order valence-corrected chi connectivity index (χ3v) is 6.50. The first kappa shape index (κ1) is 23.5. The van der Waals surface area contributed by atoms with Gasteiger partial charge < -0.3 is 9.80 Å². The van der Waals surface area contributed by atoms with Crippen LogP contribution in [0.4, 0.5) is 10.1 Å². The van der Waals surface area contributed by atoms with Gasteiger partial charge in [-0.3, -0.25) is 14.4 Å². The highest BCUT2D eigenvalue weighted by Gasteiger charge is 2.24. The highest BCUT2D eigenvalue weighted by Crippen LogP contribution is 2.21. The number of piperazine rings is 1. The van der Waals surface area contributed by atoms with Gasteiger partial charge in [-0.25, -0.2) is 4.39 Å². The van der Waals surface area contributed by atoms with Crippen LogP contribution in [0.3, 0.4) is 0 Å². The van der Waals surface area contributed by atoms with Crippen LogP contribution in [-0.2, 0) is 17.9 Å². The summed E-state index contributed by atoms with van der Waals surface area (Å²) in [6.07, 6.45) is 9.55. The number of benzene rings is 2. The third kappa shape index (κ3) is 5.53. The number of nitrogens with zero attached hydrogens (tertiary/aromatic N) is 6. The Hall–Kier alpha value is -4.22. The van der Waals surface area contributed by atoms with Crippen molar-refractivity contribution in [1.29, 1.82) is 5.26 Å². The van der Waals surface area contributed by atoms with Gasteiger partial charge >= 0.3 is 0 Å². The van der Waals surface area contributed by atoms with E-state index in [1.54, 1.807) is 18.3 Å². The van der Waals surface area contributed by atoms with Crippen molar-refractivity contribution in [2.75, 3.05) is 37.6 Å². The van der Waals surface area contributed by atoms with Crippen LogP contribution in [0.25, 0.3) is 0 Å². The van der Waals surface area contributed by atoms with Gasteiger partial charge in [0.15, 0.2) is 0 Å². The maximum atomic E-state index is 13.2. The number of hydrogen-bond acceptors (Lipinski definition) is 5. The molecule has 0 aliphatic carbocycles. The quantitative estimate of drug-likeness (QED) is 0.538. The summed E-state index contributed by atoms with van der Waals surface area (Å²) in [4.78, 5) is 19.4. The van der Waals surface area contributed by atoms with Gasteiger partial charge in [0.25, 0.3) is 5.91 Å². The van der Waals surface area contributed by atoms with Crippen LogP contribution in [-0.4, -0.2) is 58.2 Å². The van der Waals surface area contributed by atoms with Crippen LogP contribution in [0.2, 0.25) is 0 Å². The molecule has 2 aliphatic rings. The molecule has 2 aromatic carbocycles. The van der Waals surface area contributed by atoms with E-state index in [1.807, 2.05) is 63.3 Å². The number of halogens is 1. The fourth-order valence-electron chi connectivity index (χ4n) is 4.46. The monoisotopic (exact) mass is 482 g/mol. The van der Waals surface area contributed by atoms with Crippen molar-refractivity contribution in [1.82, 2.24) is 19.6 Å². The van der Waals surface area contributed by atoms with E-state index in [0.717, 1.165) is 36.4 Å². The molecule has 0 radical (unpaired) electrons. The normalized spacial score (nSPS) is 16.1. The first-order chi connectivity index (χ1) is 17.6. The molecule has 1 amide bonds. The molecule has 3 heterocycles. The summed E-state index contributed by atoms with van der Waals surface area (Å²) >= 11 is 0. The first-order valence-corrected chi connectivity index (χ1v) is 12.0. The van der Waals surface area contributed by atoms with Crippen LogP contribution < -0.4 is 4.90 Å². The van der Waals surface area contributed by atoms with Gasteiger partial charge in [-0.2, -0.15) is 10.4 Å². The summed E-state index contributed by atoms with van der Waals surface area (Å²) in [5, 5.41) is 13.4. The molecule has 182 valence electrons. The predicted molar refractivity (Wildman–Crippen MR) is 135 cm³/mol. The van der Waals surface area contributed by atoms with Crippen LogP contribution in [0.5, 0.6) is 0 Å². The van der Waals surface area contributed by atoms with Gasteiger partial charge in [0.1, 0.15) is 5.82 Å². The molecule has 3 aromatic rings. The van der Waals surface area contributed by atoms with Gasteiger partial charge in [-0.1, -0.05) is 36.4 Å². The number of anilines is 1. The standard InChI is InChI=1S/C28H27FN6O/c29-26-9-7-23(8-10-26)18-32-12-14-33(15-13-32)28(36)25-2-1-11-34(20-25)27-17-31-35(21-27)19-24-5-3-22(16-30)4-6-24/h1-10,17,20-21H,11-15,18-19H2. The largest absolute Gasteiger partial charge is 0.341 e. The minimum Gasteiger partial charge on any atom is -0.341 e. The van der Waals surface area contributed by atoms with Crippen molar-refractivity contribution in [3.8, 4) is 6.07 Å². The Morgan fingerprint density at radius 1 is 0.972 bits per heavy atom. The highest BCUT2D eigenvalue weighted by atomic mass is 19.1. The van der Waals surface area contributed by atoms with Crippen molar-refractivity contribution in [3.05, 3.63) is 107 Å². The Labute approximate surface area is 210 Å². The number of aromatic nitrogens is 2. The van der Waals surface area contributed by atoms with E-state index in [4.69, 9.17) is 5.26 Å². The molecule has 0 N–H and O–H groups in total. The van der Waals surface area contributed by atoms with Gasteiger partial charge in [0.2, 0.25) is 0 Å². The maximum absolute atomic E-state index is 13.2. The Kier molecular flexibility index (Phi) is 6.92. The van der Waals surface area contributed by atoms with Crippen LogP contribution in [0.15, 0.2) is 84.8 Å². The van der Waals surface area contributed by atoms with Gasteiger partial charge in [0.05, 0.1) is 35.6 Å². The van der Waals surface area contributed by atoms with Gasteiger partial charge in [-0.15, -0.1) is 0 Å². The fraction of sp³-hybridized carbons (Fsp3) is 0.250. The molecule has 7 nitrogen and oxygen atoms in total. The van der Waals surface area contributed by atoms with Crippen molar-refractivity contribution in [2.45, 2.75) is 13.1 Å². The molecule has 1 saturated heterocycles. The van der Waals surface area contributed by atoms with E-state index < -0.39 is 0 Å². The van der Waals surface area contributed by atoms with Crippen molar-refractivity contribution in [3.63, 3.8) is 0 Å². The number of rotatable bonds is 6. The maximum Gasteiger partial charge on any atom is 0.255 e. The smallest absolute Gasteiger partial charge is 0.255 e. The molecule has 1 fully saturated rings. The lowest BCUT2D eigenvalue weighted by molar-refractivity contribution is -0.128. The van der Waals surface area contributed by atoms with E-state index in [0.29, 0.717) is 37.3 Å². The topological polar surface area (TPSA) is 68.4 Å². The summed E-state index contributed by atoms with van der Waals surface area (Å²) in [5.74, 6) is -0.196. The Bertz CT molecular complexity index is 1310. The lowest BCUT2D eigenvalue weighted by Crippen LogP contribution is -2.48. The second-order valence-electron chi connectivity index (χ2n) is 9.04. The Balaban J connectivity index is 1.18. The van der Waals surface area contributed by atoms with E-state index in [2.05, 4.69) is 16.1 Å². The minimum absolute atomic E-state index is 0.0300. The predicted octanol–water partition coefficient (Wildman–Crippen LogP) is 3.55. The van der Waals surface area contributed by atoms with Crippen molar-refractivity contribution < 1.29 is 9.18 Å². The summed E-state index contributed by atoms with van der Waals surface area (Å²) in [7, 11) is 0.